The van der Waals surface area contributed by atoms with Gasteiger partial charge in [0.15, 0.2) is 0 Å². The first-order valence-electron chi connectivity index (χ1n) is 9.66. The lowest BCUT2D eigenvalue weighted by Gasteiger charge is -2.38. The van der Waals surface area contributed by atoms with Crippen LogP contribution in [0.15, 0.2) is 24.3 Å². The van der Waals surface area contributed by atoms with Crippen LogP contribution in [0, 0.1) is 0 Å². The highest BCUT2D eigenvalue weighted by molar-refractivity contribution is 5.99. The van der Waals surface area contributed by atoms with E-state index in [1.807, 2.05) is 29.2 Å². The van der Waals surface area contributed by atoms with Crippen molar-refractivity contribution in [1.29, 1.82) is 0 Å². The van der Waals surface area contributed by atoms with Gasteiger partial charge in [-0.3, -0.25) is 14.5 Å². The minimum atomic E-state index is 0.0968. The fourth-order valence-corrected chi connectivity index (χ4v) is 4.47. The van der Waals surface area contributed by atoms with Gasteiger partial charge in [0.1, 0.15) is 0 Å². The molecule has 25 heavy (non-hydrogen) atoms. The maximum atomic E-state index is 12.9. The molecule has 0 spiro atoms. The Hall–Kier alpha value is -1.88. The van der Waals surface area contributed by atoms with E-state index in [1.54, 1.807) is 4.90 Å². The topological polar surface area (TPSA) is 43.9 Å². The fourth-order valence-electron chi connectivity index (χ4n) is 4.47. The molecule has 3 fully saturated rings. The summed E-state index contributed by atoms with van der Waals surface area (Å²) < 4.78 is 0. The Morgan fingerprint density at radius 1 is 0.960 bits per heavy atom. The van der Waals surface area contributed by atoms with Gasteiger partial charge in [-0.05, 0) is 37.5 Å². The number of hydrogen-bond donors (Lipinski definition) is 0. The molecule has 1 aromatic rings. The van der Waals surface area contributed by atoms with E-state index in [4.69, 9.17) is 0 Å². The van der Waals surface area contributed by atoms with Crippen molar-refractivity contribution in [2.75, 3.05) is 37.6 Å². The Morgan fingerprint density at radius 2 is 1.72 bits per heavy atom. The smallest absolute Gasteiger partial charge is 0.254 e. The van der Waals surface area contributed by atoms with Crippen molar-refractivity contribution in [3.63, 3.8) is 0 Å². The quantitative estimate of drug-likeness (QED) is 0.848. The summed E-state index contributed by atoms with van der Waals surface area (Å²) in [5, 5.41) is 0. The monoisotopic (exact) mass is 341 g/mol. The van der Waals surface area contributed by atoms with Gasteiger partial charge in [0.25, 0.3) is 5.91 Å². The molecule has 0 radical (unpaired) electrons. The molecule has 1 saturated carbocycles. The number of piperazine rings is 1. The van der Waals surface area contributed by atoms with Crippen molar-refractivity contribution in [3.8, 4) is 0 Å². The lowest BCUT2D eigenvalue weighted by molar-refractivity contribution is -0.117. The number of benzene rings is 1. The van der Waals surface area contributed by atoms with E-state index in [0.29, 0.717) is 12.0 Å². The molecule has 2 amide bonds. The summed E-state index contributed by atoms with van der Waals surface area (Å²) >= 11 is 0. The third-order valence-corrected chi connectivity index (χ3v) is 5.92. The molecular formula is C20H27N3O2. The summed E-state index contributed by atoms with van der Waals surface area (Å²) in [6, 6.07) is 8.31. The van der Waals surface area contributed by atoms with Crippen molar-refractivity contribution in [1.82, 2.24) is 9.80 Å². The molecule has 0 unspecified atom stereocenters. The van der Waals surface area contributed by atoms with Gasteiger partial charge < -0.3 is 9.80 Å². The normalized spacial score (nSPS) is 22.8. The molecule has 5 nitrogen and oxygen atoms in total. The summed E-state index contributed by atoms with van der Waals surface area (Å²) in [7, 11) is 0. The Kier molecular flexibility index (Phi) is 4.75. The van der Waals surface area contributed by atoms with E-state index in [0.717, 1.165) is 50.9 Å². The summed E-state index contributed by atoms with van der Waals surface area (Å²) in [5.41, 5.74) is 1.56. The van der Waals surface area contributed by atoms with E-state index < -0.39 is 0 Å². The van der Waals surface area contributed by atoms with Crippen LogP contribution in [0.2, 0.25) is 0 Å². The largest absolute Gasteiger partial charge is 0.336 e. The first-order valence-corrected chi connectivity index (χ1v) is 9.66. The highest BCUT2D eigenvalue weighted by Gasteiger charge is 2.29. The number of hydrogen-bond acceptors (Lipinski definition) is 3. The van der Waals surface area contributed by atoms with Crippen molar-refractivity contribution in [2.45, 2.75) is 44.6 Å². The summed E-state index contributed by atoms with van der Waals surface area (Å²) in [4.78, 5) is 31.2. The lowest BCUT2D eigenvalue weighted by atomic mass is 10.1. The van der Waals surface area contributed by atoms with E-state index in [-0.39, 0.29) is 11.8 Å². The highest BCUT2D eigenvalue weighted by Crippen LogP contribution is 2.26. The van der Waals surface area contributed by atoms with E-state index in [1.165, 1.54) is 25.7 Å². The van der Waals surface area contributed by atoms with Gasteiger partial charge in [0.05, 0.1) is 0 Å². The molecule has 1 aliphatic carbocycles. The van der Waals surface area contributed by atoms with Crippen molar-refractivity contribution >= 4 is 17.5 Å². The zero-order valence-electron chi connectivity index (χ0n) is 14.8. The molecule has 0 bridgehead atoms. The maximum Gasteiger partial charge on any atom is 0.254 e. The van der Waals surface area contributed by atoms with E-state index >= 15 is 0 Å². The van der Waals surface area contributed by atoms with Crippen LogP contribution in [-0.2, 0) is 4.79 Å². The van der Waals surface area contributed by atoms with Gasteiger partial charge in [0, 0.05) is 56.4 Å². The zero-order valence-corrected chi connectivity index (χ0v) is 14.8. The van der Waals surface area contributed by atoms with Gasteiger partial charge in [-0.2, -0.15) is 0 Å². The van der Waals surface area contributed by atoms with Crippen LogP contribution in [-0.4, -0.2) is 60.4 Å². The minimum Gasteiger partial charge on any atom is -0.336 e. The van der Waals surface area contributed by atoms with Gasteiger partial charge >= 0.3 is 0 Å². The van der Waals surface area contributed by atoms with Crippen molar-refractivity contribution < 1.29 is 9.59 Å². The Balaban J connectivity index is 1.40. The second kappa shape index (κ2) is 7.16. The Morgan fingerprint density at radius 3 is 2.40 bits per heavy atom. The van der Waals surface area contributed by atoms with Crippen LogP contribution < -0.4 is 4.90 Å². The Labute approximate surface area is 149 Å². The number of anilines is 1. The molecule has 2 saturated heterocycles. The number of amides is 2. The molecule has 2 aliphatic heterocycles. The van der Waals surface area contributed by atoms with Gasteiger partial charge in [-0.25, -0.2) is 0 Å². The fraction of sp³-hybridized carbons (Fsp3) is 0.600. The lowest BCUT2D eigenvalue weighted by Crippen LogP contribution is -2.51. The maximum absolute atomic E-state index is 12.9. The van der Waals surface area contributed by atoms with Crippen molar-refractivity contribution in [2.24, 2.45) is 0 Å². The van der Waals surface area contributed by atoms with Crippen LogP contribution in [0.5, 0.6) is 0 Å². The SMILES string of the molecule is O=C(c1cccc(N2CCCC2=O)c1)N1CCN(C2CCCC2)CC1. The van der Waals surface area contributed by atoms with Crippen LogP contribution in [0.1, 0.15) is 48.9 Å². The molecule has 0 atom stereocenters. The molecule has 134 valence electrons. The third kappa shape index (κ3) is 3.43. The number of nitrogens with zero attached hydrogens (tertiary/aromatic N) is 3. The zero-order chi connectivity index (χ0) is 17.2. The Bertz CT molecular complexity index is 646. The summed E-state index contributed by atoms with van der Waals surface area (Å²) in [6.07, 6.45) is 6.86. The first-order chi connectivity index (χ1) is 12.2. The standard InChI is InChI=1S/C20H27N3O2/c24-19-9-4-10-23(19)18-8-3-5-16(15-18)20(25)22-13-11-21(12-14-22)17-6-1-2-7-17/h3,5,8,15,17H,1-2,4,6-7,9-14H2. The third-order valence-electron chi connectivity index (χ3n) is 5.92. The highest BCUT2D eigenvalue weighted by atomic mass is 16.2. The molecular weight excluding hydrogens is 314 g/mol. The predicted molar refractivity (Wildman–Crippen MR) is 97.8 cm³/mol. The molecule has 2 heterocycles. The number of carbonyl (C=O) groups is 2. The number of carbonyl (C=O) groups excluding carboxylic acids is 2. The van der Waals surface area contributed by atoms with Gasteiger partial charge in [0.2, 0.25) is 5.91 Å². The van der Waals surface area contributed by atoms with Gasteiger partial charge in [-0.1, -0.05) is 18.9 Å². The molecule has 0 N–H and O–H groups in total. The van der Waals surface area contributed by atoms with Crippen LogP contribution in [0.25, 0.3) is 0 Å². The van der Waals surface area contributed by atoms with E-state index in [2.05, 4.69) is 4.90 Å². The minimum absolute atomic E-state index is 0.0968. The van der Waals surface area contributed by atoms with Crippen molar-refractivity contribution in [3.05, 3.63) is 29.8 Å². The predicted octanol–water partition coefficient (Wildman–Crippen LogP) is 2.51. The van der Waals surface area contributed by atoms with E-state index in [9.17, 15) is 9.59 Å². The van der Waals surface area contributed by atoms with Crippen LogP contribution in [0.4, 0.5) is 5.69 Å². The first kappa shape index (κ1) is 16.6. The van der Waals surface area contributed by atoms with Crippen LogP contribution in [0.3, 0.4) is 0 Å². The van der Waals surface area contributed by atoms with Crippen LogP contribution >= 0.6 is 0 Å². The average molecular weight is 341 g/mol. The molecule has 5 heteroatoms. The second-order valence-corrected chi connectivity index (χ2v) is 7.47. The number of rotatable bonds is 3. The molecule has 3 aliphatic rings. The van der Waals surface area contributed by atoms with Gasteiger partial charge in [-0.15, -0.1) is 0 Å². The molecule has 4 rings (SSSR count). The average Bonchev–Trinajstić information content (AvgIpc) is 3.33. The molecule has 0 aromatic heterocycles. The summed E-state index contributed by atoms with van der Waals surface area (Å²) in [6.45, 7) is 4.35. The summed E-state index contributed by atoms with van der Waals surface area (Å²) in [5.74, 6) is 0.259. The molecule has 1 aromatic carbocycles. The second-order valence-electron chi connectivity index (χ2n) is 7.47.